The number of halogens is 5. The Morgan fingerprint density at radius 3 is 2.10 bits per heavy atom. The molecule has 20 heavy (non-hydrogen) atoms. The molecule has 0 saturated heterocycles. The summed E-state index contributed by atoms with van der Waals surface area (Å²) in [5, 5.41) is 2.01. The van der Waals surface area contributed by atoms with Gasteiger partial charge in [0.1, 0.15) is 5.56 Å². The first-order chi connectivity index (χ1) is 9.43. The molecule has 4 nitrogen and oxygen atoms in total. The predicted octanol–water partition coefficient (Wildman–Crippen LogP) is 2.04. The minimum Gasteiger partial charge on any atom is -0.347 e. The van der Waals surface area contributed by atoms with Crippen molar-refractivity contribution in [3.8, 4) is 0 Å². The van der Waals surface area contributed by atoms with Crippen molar-refractivity contribution < 1.29 is 26.7 Å². The van der Waals surface area contributed by atoms with Gasteiger partial charge < -0.3 is 10.3 Å². The number of rotatable bonds is 3. The zero-order valence-corrected chi connectivity index (χ0v) is 9.61. The molecule has 0 fully saturated rings. The van der Waals surface area contributed by atoms with E-state index in [9.17, 15) is 26.7 Å². The van der Waals surface area contributed by atoms with Crippen molar-refractivity contribution >= 4 is 5.91 Å². The van der Waals surface area contributed by atoms with E-state index in [1.54, 1.807) is 0 Å². The van der Waals surface area contributed by atoms with Gasteiger partial charge in [-0.05, 0) is 0 Å². The molecule has 0 saturated carbocycles. The lowest BCUT2D eigenvalue weighted by Crippen LogP contribution is -2.26. The van der Waals surface area contributed by atoms with Gasteiger partial charge in [-0.1, -0.05) is 0 Å². The van der Waals surface area contributed by atoms with Crippen molar-refractivity contribution in [2.24, 2.45) is 0 Å². The number of carbonyl (C=O) groups excluding carboxylic acids is 1. The SMILES string of the molecule is O=C(NCc1cnc[nH]1)c1c(F)c(F)c(F)c(F)c1F. The molecule has 2 aromatic rings. The first kappa shape index (κ1) is 14.0. The molecular formula is C11H6F5N3O. The number of aromatic nitrogens is 2. The fraction of sp³-hybridized carbons (Fsp3) is 0.0909. The largest absolute Gasteiger partial charge is 0.347 e. The number of carbonyl (C=O) groups is 1. The summed E-state index contributed by atoms with van der Waals surface area (Å²) in [5.74, 6) is -12.4. The van der Waals surface area contributed by atoms with Gasteiger partial charge in [0.15, 0.2) is 23.3 Å². The third-order valence-corrected chi connectivity index (χ3v) is 2.43. The molecule has 0 atom stereocenters. The molecule has 0 spiro atoms. The van der Waals surface area contributed by atoms with E-state index in [4.69, 9.17) is 0 Å². The first-order valence-electron chi connectivity index (χ1n) is 5.20. The van der Waals surface area contributed by atoms with Gasteiger partial charge in [-0.25, -0.2) is 26.9 Å². The molecule has 9 heteroatoms. The number of benzene rings is 1. The minimum absolute atomic E-state index is 0.210. The van der Waals surface area contributed by atoms with Gasteiger partial charge in [-0.15, -0.1) is 0 Å². The van der Waals surface area contributed by atoms with E-state index in [2.05, 4.69) is 9.97 Å². The Bertz CT molecular complexity index is 628. The van der Waals surface area contributed by atoms with Crippen LogP contribution >= 0.6 is 0 Å². The molecule has 1 heterocycles. The molecule has 2 rings (SSSR count). The second-order valence-electron chi connectivity index (χ2n) is 3.70. The summed E-state index contributed by atoms with van der Waals surface area (Å²) < 4.78 is 65.3. The van der Waals surface area contributed by atoms with Crippen molar-refractivity contribution in [2.75, 3.05) is 0 Å². The van der Waals surface area contributed by atoms with E-state index in [1.165, 1.54) is 12.5 Å². The molecule has 0 radical (unpaired) electrons. The summed E-state index contributed by atoms with van der Waals surface area (Å²) in [6, 6.07) is 0. The van der Waals surface area contributed by atoms with Crippen LogP contribution in [0.5, 0.6) is 0 Å². The Hall–Kier alpha value is -2.45. The highest BCUT2D eigenvalue weighted by molar-refractivity contribution is 5.94. The van der Waals surface area contributed by atoms with E-state index in [-0.39, 0.29) is 6.54 Å². The summed E-state index contributed by atoms with van der Waals surface area (Å²) in [6.07, 6.45) is 2.61. The highest BCUT2D eigenvalue weighted by atomic mass is 19.2. The number of hydrogen-bond donors (Lipinski definition) is 2. The average molecular weight is 291 g/mol. The maximum absolute atomic E-state index is 13.3. The highest BCUT2D eigenvalue weighted by Crippen LogP contribution is 2.22. The number of nitrogens with zero attached hydrogens (tertiary/aromatic N) is 1. The minimum atomic E-state index is -2.31. The normalized spacial score (nSPS) is 10.7. The molecule has 2 N–H and O–H groups in total. The topological polar surface area (TPSA) is 57.8 Å². The highest BCUT2D eigenvalue weighted by Gasteiger charge is 2.29. The van der Waals surface area contributed by atoms with Crippen molar-refractivity contribution in [1.29, 1.82) is 0 Å². The van der Waals surface area contributed by atoms with E-state index < -0.39 is 40.6 Å². The van der Waals surface area contributed by atoms with Gasteiger partial charge >= 0.3 is 0 Å². The second kappa shape index (κ2) is 5.27. The van der Waals surface area contributed by atoms with Crippen LogP contribution in [0.15, 0.2) is 12.5 Å². The Kier molecular flexibility index (Phi) is 3.68. The zero-order valence-electron chi connectivity index (χ0n) is 9.61. The van der Waals surface area contributed by atoms with Gasteiger partial charge in [-0.2, -0.15) is 0 Å². The average Bonchev–Trinajstić information content (AvgIpc) is 2.94. The predicted molar refractivity (Wildman–Crippen MR) is 56.0 cm³/mol. The fourth-order valence-electron chi connectivity index (χ4n) is 1.45. The lowest BCUT2D eigenvalue weighted by Gasteiger charge is -2.08. The number of nitrogens with one attached hydrogen (secondary N) is 2. The summed E-state index contributed by atoms with van der Waals surface area (Å²) >= 11 is 0. The standard InChI is InChI=1S/C11H6F5N3O/c12-6-5(7(13)9(15)10(16)8(6)14)11(20)18-2-4-1-17-3-19-4/h1,3H,2H2,(H,17,19)(H,18,20). The molecule has 1 amide bonds. The monoisotopic (exact) mass is 291 g/mol. The van der Waals surface area contributed by atoms with Crippen molar-refractivity contribution in [3.63, 3.8) is 0 Å². The Morgan fingerprint density at radius 1 is 1.05 bits per heavy atom. The lowest BCUT2D eigenvalue weighted by molar-refractivity contribution is 0.0938. The first-order valence-corrected chi connectivity index (χ1v) is 5.20. The van der Waals surface area contributed by atoms with E-state index in [0.29, 0.717) is 5.69 Å². The third kappa shape index (κ3) is 2.33. The molecule has 106 valence electrons. The molecule has 1 aromatic heterocycles. The van der Waals surface area contributed by atoms with Crippen LogP contribution in [0, 0.1) is 29.1 Å². The van der Waals surface area contributed by atoms with Crippen LogP contribution in [0.2, 0.25) is 0 Å². The van der Waals surface area contributed by atoms with E-state index in [1.807, 2.05) is 5.32 Å². The van der Waals surface area contributed by atoms with Crippen molar-refractivity contribution in [3.05, 3.63) is 52.9 Å². The third-order valence-electron chi connectivity index (χ3n) is 2.43. The van der Waals surface area contributed by atoms with Gasteiger partial charge in [0.2, 0.25) is 5.82 Å². The summed E-state index contributed by atoms with van der Waals surface area (Å²) in [7, 11) is 0. The number of H-pyrrole nitrogens is 1. The molecule has 0 aliphatic heterocycles. The maximum Gasteiger partial charge on any atom is 0.257 e. The number of hydrogen-bond acceptors (Lipinski definition) is 2. The molecule has 0 bridgehead atoms. The molecule has 0 unspecified atom stereocenters. The summed E-state index contributed by atoms with van der Waals surface area (Å²) in [5.41, 5.74) is -1.14. The van der Waals surface area contributed by atoms with Crippen LogP contribution in [0.1, 0.15) is 16.1 Å². The van der Waals surface area contributed by atoms with Crippen LogP contribution in [0.25, 0.3) is 0 Å². The van der Waals surface area contributed by atoms with Crippen LogP contribution in [0.3, 0.4) is 0 Å². The lowest BCUT2D eigenvalue weighted by atomic mass is 10.1. The summed E-state index contributed by atoms with van der Waals surface area (Å²) in [6.45, 7) is -0.210. The van der Waals surface area contributed by atoms with Crippen molar-refractivity contribution in [1.82, 2.24) is 15.3 Å². The Labute approximate surface area is 108 Å². The quantitative estimate of drug-likeness (QED) is 0.516. The summed E-state index contributed by atoms with van der Waals surface area (Å²) in [4.78, 5) is 17.7. The zero-order chi connectivity index (χ0) is 14.9. The molecule has 0 aliphatic carbocycles. The Balaban J connectivity index is 2.30. The van der Waals surface area contributed by atoms with Gasteiger partial charge in [0.05, 0.1) is 18.6 Å². The van der Waals surface area contributed by atoms with Crippen LogP contribution in [-0.2, 0) is 6.54 Å². The molecule has 1 aromatic carbocycles. The second-order valence-corrected chi connectivity index (χ2v) is 3.70. The molecule has 0 aliphatic rings. The van der Waals surface area contributed by atoms with Gasteiger partial charge in [-0.3, -0.25) is 4.79 Å². The molecular weight excluding hydrogens is 285 g/mol. The van der Waals surface area contributed by atoms with Crippen LogP contribution in [-0.4, -0.2) is 15.9 Å². The number of imidazole rings is 1. The number of aromatic amines is 1. The van der Waals surface area contributed by atoms with Crippen LogP contribution in [0.4, 0.5) is 22.0 Å². The van der Waals surface area contributed by atoms with Gasteiger partial charge in [0, 0.05) is 6.20 Å². The van der Waals surface area contributed by atoms with Crippen LogP contribution < -0.4 is 5.32 Å². The fourth-order valence-corrected chi connectivity index (χ4v) is 1.45. The van der Waals surface area contributed by atoms with E-state index in [0.717, 1.165) is 0 Å². The Morgan fingerprint density at radius 2 is 1.60 bits per heavy atom. The maximum atomic E-state index is 13.3. The smallest absolute Gasteiger partial charge is 0.257 e. The van der Waals surface area contributed by atoms with Crippen molar-refractivity contribution in [2.45, 2.75) is 6.54 Å². The van der Waals surface area contributed by atoms with E-state index >= 15 is 0 Å². The number of amides is 1. The van der Waals surface area contributed by atoms with Gasteiger partial charge in [0.25, 0.3) is 5.91 Å².